The summed E-state index contributed by atoms with van der Waals surface area (Å²) in [6.45, 7) is 5.50. The lowest BCUT2D eigenvalue weighted by Crippen LogP contribution is -2.52. The van der Waals surface area contributed by atoms with Crippen molar-refractivity contribution in [1.29, 1.82) is 0 Å². The number of hydrogen-bond donors (Lipinski definition) is 2. The number of hydrogen-bond acceptors (Lipinski definition) is 4. The molecule has 0 spiro atoms. The first kappa shape index (κ1) is 18.3. The third kappa shape index (κ3) is 4.57. The first-order chi connectivity index (χ1) is 12.2. The summed E-state index contributed by atoms with van der Waals surface area (Å²) >= 11 is 0. The first-order valence-corrected chi connectivity index (χ1v) is 9.90. The molecule has 7 nitrogen and oxygen atoms in total. The van der Waals surface area contributed by atoms with Gasteiger partial charge in [-0.2, -0.15) is 0 Å². The molecule has 25 heavy (non-hydrogen) atoms. The average molecular weight is 352 g/mol. The fourth-order valence-electron chi connectivity index (χ4n) is 4.49. The molecule has 3 fully saturated rings. The van der Waals surface area contributed by atoms with Crippen molar-refractivity contribution in [3.8, 4) is 0 Å². The molecule has 3 amide bonds. The molecule has 0 aromatic rings. The molecule has 3 saturated heterocycles. The molecule has 3 heterocycles. The molecule has 1 unspecified atom stereocenters. The minimum absolute atomic E-state index is 0.0682. The van der Waals surface area contributed by atoms with E-state index >= 15 is 0 Å². The summed E-state index contributed by atoms with van der Waals surface area (Å²) in [5.74, 6) is 0. The minimum atomic E-state index is -0.151. The van der Waals surface area contributed by atoms with E-state index < -0.39 is 0 Å². The number of amides is 3. The molecule has 3 aliphatic rings. The Bertz CT molecular complexity index is 453. The quantitative estimate of drug-likeness (QED) is 0.742. The number of urea groups is 1. The smallest absolute Gasteiger partial charge is 0.410 e. The Morgan fingerprint density at radius 2 is 1.72 bits per heavy atom. The second kappa shape index (κ2) is 8.74. The number of nitrogens with zero attached hydrogens (tertiary/aromatic N) is 2. The standard InChI is InChI=1S/C18H32N4O3/c1-2-25-18(24)22-15-6-7-16(22)13-14(12-15)19-8-9-20-17(23)21-10-4-3-5-11-21/h14-16,19H,2-13H2,1H3,(H,20,23)/t14?,15-,16+. The third-order valence-corrected chi connectivity index (χ3v) is 5.69. The fraction of sp³-hybridized carbons (Fsp3) is 0.889. The molecule has 2 N–H and O–H groups in total. The van der Waals surface area contributed by atoms with Crippen molar-refractivity contribution in [2.75, 3.05) is 32.8 Å². The van der Waals surface area contributed by atoms with E-state index in [0.717, 1.165) is 58.2 Å². The monoisotopic (exact) mass is 352 g/mol. The Morgan fingerprint density at radius 1 is 1.04 bits per heavy atom. The highest BCUT2D eigenvalue weighted by atomic mass is 16.6. The molecule has 3 aliphatic heterocycles. The topological polar surface area (TPSA) is 73.9 Å². The van der Waals surface area contributed by atoms with Gasteiger partial charge < -0.3 is 25.2 Å². The van der Waals surface area contributed by atoms with Crippen molar-refractivity contribution in [1.82, 2.24) is 20.4 Å². The van der Waals surface area contributed by atoms with Crippen LogP contribution < -0.4 is 10.6 Å². The van der Waals surface area contributed by atoms with Crippen LogP contribution in [0.2, 0.25) is 0 Å². The number of carbonyl (C=O) groups excluding carboxylic acids is 2. The van der Waals surface area contributed by atoms with E-state index in [1.807, 2.05) is 16.7 Å². The molecule has 142 valence electrons. The number of nitrogens with one attached hydrogen (secondary N) is 2. The maximum atomic E-state index is 12.1. The predicted octanol–water partition coefficient (Wildman–Crippen LogP) is 1.92. The lowest BCUT2D eigenvalue weighted by molar-refractivity contribution is 0.0660. The van der Waals surface area contributed by atoms with E-state index in [-0.39, 0.29) is 12.1 Å². The molecule has 0 radical (unpaired) electrons. The van der Waals surface area contributed by atoms with Crippen LogP contribution in [-0.2, 0) is 4.74 Å². The molecular weight excluding hydrogens is 320 g/mol. The Morgan fingerprint density at radius 3 is 2.36 bits per heavy atom. The van der Waals surface area contributed by atoms with Gasteiger partial charge in [-0.25, -0.2) is 9.59 Å². The number of carbonyl (C=O) groups is 2. The van der Waals surface area contributed by atoms with E-state index in [1.165, 1.54) is 6.42 Å². The van der Waals surface area contributed by atoms with Crippen molar-refractivity contribution in [3.63, 3.8) is 0 Å². The van der Waals surface area contributed by atoms with Crippen LogP contribution in [0.5, 0.6) is 0 Å². The van der Waals surface area contributed by atoms with Gasteiger partial charge in [0, 0.05) is 44.3 Å². The van der Waals surface area contributed by atoms with Gasteiger partial charge in [-0.05, 0) is 51.9 Å². The third-order valence-electron chi connectivity index (χ3n) is 5.69. The van der Waals surface area contributed by atoms with Crippen LogP contribution >= 0.6 is 0 Å². The van der Waals surface area contributed by atoms with Crippen LogP contribution in [-0.4, -0.2) is 72.8 Å². The maximum Gasteiger partial charge on any atom is 0.410 e. The van der Waals surface area contributed by atoms with Gasteiger partial charge in [-0.15, -0.1) is 0 Å². The lowest BCUT2D eigenvalue weighted by atomic mass is 9.98. The van der Waals surface area contributed by atoms with Gasteiger partial charge >= 0.3 is 12.1 Å². The normalized spacial score (nSPS) is 28.8. The van der Waals surface area contributed by atoms with E-state index in [0.29, 0.717) is 31.3 Å². The van der Waals surface area contributed by atoms with Crippen molar-refractivity contribution in [3.05, 3.63) is 0 Å². The summed E-state index contributed by atoms with van der Waals surface area (Å²) in [5, 5.41) is 6.57. The highest BCUT2D eigenvalue weighted by Gasteiger charge is 2.43. The Kier molecular flexibility index (Phi) is 6.39. The second-order valence-electron chi connectivity index (χ2n) is 7.39. The molecule has 0 aliphatic carbocycles. The van der Waals surface area contributed by atoms with Crippen LogP contribution in [0.25, 0.3) is 0 Å². The summed E-state index contributed by atoms with van der Waals surface area (Å²) in [7, 11) is 0. The molecule has 0 aromatic heterocycles. The van der Waals surface area contributed by atoms with Gasteiger partial charge in [-0.1, -0.05) is 0 Å². The summed E-state index contributed by atoms with van der Waals surface area (Å²) in [6, 6.07) is 1.10. The number of fused-ring (bicyclic) bond motifs is 2. The molecule has 2 bridgehead atoms. The van der Waals surface area contributed by atoms with E-state index in [9.17, 15) is 9.59 Å². The summed E-state index contributed by atoms with van der Waals surface area (Å²) in [6.07, 6.45) is 7.44. The van der Waals surface area contributed by atoms with Crippen molar-refractivity contribution in [2.45, 2.75) is 70.0 Å². The molecule has 7 heteroatoms. The van der Waals surface area contributed by atoms with Crippen molar-refractivity contribution < 1.29 is 14.3 Å². The van der Waals surface area contributed by atoms with Crippen molar-refractivity contribution >= 4 is 12.1 Å². The first-order valence-electron chi connectivity index (χ1n) is 9.90. The highest BCUT2D eigenvalue weighted by Crippen LogP contribution is 2.36. The Balaban J connectivity index is 1.35. The minimum Gasteiger partial charge on any atom is -0.450 e. The average Bonchev–Trinajstić information content (AvgIpc) is 2.90. The molecule has 0 saturated carbocycles. The summed E-state index contributed by atoms with van der Waals surface area (Å²) in [5.41, 5.74) is 0. The molecule has 3 atom stereocenters. The molecule has 0 aromatic carbocycles. The zero-order valence-electron chi connectivity index (χ0n) is 15.3. The lowest BCUT2D eigenvalue weighted by Gasteiger charge is -2.38. The summed E-state index contributed by atoms with van der Waals surface area (Å²) in [4.78, 5) is 28.0. The zero-order valence-corrected chi connectivity index (χ0v) is 15.3. The van der Waals surface area contributed by atoms with Crippen LogP contribution in [0.3, 0.4) is 0 Å². The van der Waals surface area contributed by atoms with Crippen LogP contribution in [0.1, 0.15) is 51.9 Å². The maximum absolute atomic E-state index is 12.1. The van der Waals surface area contributed by atoms with E-state index in [4.69, 9.17) is 4.74 Å². The summed E-state index contributed by atoms with van der Waals surface area (Å²) < 4.78 is 5.19. The number of likely N-dealkylation sites (tertiary alicyclic amines) is 1. The fourth-order valence-corrected chi connectivity index (χ4v) is 4.49. The second-order valence-corrected chi connectivity index (χ2v) is 7.39. The van der Waals surface area contributed by atoms with Crippen LogP contribution in [0.15, 0.2) is 0 Å². The van der Waals surface area contributed by atoms with E-state index in [2.05, 4.69) is 10.6 Å². The number of ether oxygens (including phenoxy) is 1. The van der Waals surface area contributed by atoms with Crippen LogP contribution in [0, 0.1) is 0 Å². The van der Waals surface area contributed by atoms with E-state index in [1.54, 1.807) is 0 Å². The van der Waals surface area contributed by atoms with Gasteiger partial charge in [0.1, 0.15) is 0 Å². The Hall–Kier alpha value is -1.50. The number of rotatable bonds is 5. The molecule has 3 rings (SSSR count). The predicted molar refractivity (Wildman–Crippen MR) is 95.5 cm³/mol. The molecular formula is C18H32N4O3. The largest absolute Gasteiger partial charge is 0.450 e. The number of piperidine rings is 2. The Labute approximate surface area is 150 Å². The van der Waals surface area contributed by atoms with Crippen molar-refractivity contribution in [2.24, 2.45) is 0 Å². The van der Waals surface area contributed by atoms with Crippen LogP contribution in [0.4, 0.5) is 9.59 Å². The van der Waals surface area contributed by atoms with Gasteiger partial charge in [0.2, 0.25) is 0 Å². The van der Waals surface area contributed by atoms with Gasteiger partial charge in [0.15, 0.2) is 0 Å². The SMILES string of the molecule is CCOC(=O)N1[C@@H]2CC[C@H]1CC(NCCNC(=O)N1CCCCC1)C2. The van der Waals surface area contributed by atoms with Gasteiger partial charge in [0.25, 0.3) is 0 Å². The van der Waals surface area contributed by atoms with Gasteiger partial charge in [-0.3, -0.25) is 0 Å². The zero-order chi connectivity index (χ0) is 17.6. The van der Waals surface area contributed by atoms with Gasteiger partial charge in [0.05, 0.1) is 6.61 Å². The highest BCUT2D eigenvalue weighted by molar-refractivity contribution is 5.74.